The summed E-state index contributed by atoms with van der Waals surface area (Å²) in [6, 6.07) is 25.8. The number of rotatable bonds is 8. The Labute approximate surface area is 176 Å². The van der Waals surface area contributed by atoms with Crippen LogP contribution in [0.4, 0.5) is 11.8 Å². The molecule has 0 saturated carbocycles. The molecule has 0 aliphatic heterocycles. The predicted octanol–water partition coefficient (Wildman–Crippen LogP) is 4.77. The molecular formula is C24H23N5O. The summed E-state index contributed by atoms with van der Waals surface area (Å²) in [5.41, 5.74) is 3.96. The molecule has 0 fully saturated rings. The van der Waals surface area contributed by atoms with E-state index in [0.29, 0.717) is 19.0 Å². The van der Waals surface area contributed by atoms with Gasteiger partial charge >= 0.3 is 0 Å². The summed E-state index contributed by atoms with van der Waals surface area (Å²) in [6.07, 6.45) is 1.79. The maximum Gasteiger partial charge on any atom is 0.225 e. The third-order valence-electron chi connectivity index (χ3n) is 4.58. The van der Waals surface area contributed by atoms with Crippen LogP contribution in [-0.4, -0.2) is 22.1 Å². The normalized spacial score (nSPS) is 10.4. The molecule has 0 aliphatic rings. The highest BCUT2D eigenvalue weighted by Gasteiger charge is 2.07. The fraction of sp³-hybridized carbons (Fsp3) is 0.125. The predicted molar refractivity (Wildman–Crippen MR) is 119 cm³/mol. The number of anilines is 2. The molecule has 2 N–H and O–H groups in total. The van der Waals surface area contributed by atoms with Crippen LogP contribution in [-0.2, 0) is 13.1 Å². The molecule has 2 heterocycles. The van der Waals surface area contributed by atoms with Crippen LogP contribution in [0.5, 0.6) is 5.75 Å². The highest BCUT2D eigenvalue weighted by molar-refractivity contribution is 5.64. The number of benzene rings is 2. The van der Waals surface area contributed by atoms with Gasteiger partial charge in [-0.3, -0.25) is 4.98 Å². The molecular weight excluding hydrogens is 374 g/mol. The van der Waals surface area contributed by atoms with Gasteiger partial charge in [0.2, 0.25) is 5.95 Å². The Morgan fingerprint density at radius 2 is 1.60 bits per heavy atom. The summed E-state index contributed by atoms with van der Waals surface area (Å²) in [6.45, 7) is 1.20. The minimum Gasteiger partial charge on any atom is -0.497 e. The zero-order valence-corrected chi connectivity index (χ0v) is 16.7. The van der Waals surface area contributed by atoms with Crippen molar-refractivity contribution >= 4 is 11.8 Å². The van der Waals surface area contributed by atoms with Crippen LogP contribution in [0.1, 0.15) is 11.3 Å². The molecule has 150 valence electrons. The van der Waals surface area contributed by atoms with Crippen molar-refractivity contribution in [1.29, 1.82) is 0 Å². The van der Waals surface area contributed by atoms with Crippen molar-refractivity contribution in [3.05, 3.63) is 96.3 Å². The van der Waals surface area contributed by atoms with Gasteiger partial charge in [-0.15, -0.1) is 0 Å². The van der Waals surface area contributed by atoms with Crippen LogP contribution < -0.4 is 15.4 Å². The molecule has 0 atom stereocenters. The maximum atomic E-state index is 5.22. The van der Waals surface area contributed by atoms with E-state index in [-0.39, 0.29) is 0 Å². The second-order valence-electron chi connectivity index (χ2n) is 6.70. The molecule has 0 radical (unpaired) electrons. The van der Waals surface area contributed by atoms with Crippen LogP contribution in [0.15, 0.2) is 85.1 Å². The molecule has 0 spiro atoms. The van der Waals surface area contributed by atoms with Crippen molar-refractivity contribution in [3.63, 3.8) is 0 Å². The molecule has 0 aliphatic carbocycles. The molecule has 0 bridgehead atoms. The van der Waals surface area contributed by atoms with Crippen LogP contribution >= 0.6 is 0 Å². The first-order valence-corrected chi connectivity index (χ1v) is 9.75. The van der Waals surface area contributed by atoms with Gasteiger partial charge in [0.15, 0.2) is 0 Å². The number of ether oxygens (including phenoxy) is 1. The van der Waals surface area contributed by atoms with E-state index >= 15 is 0 Å². The van der Waals surface area contributed by atoms with E-state index in [1.807, 2.05) is 78.9 Å². The van der Waals surface area contributed by atoms with Gasteiger partial charge < -0.3 is 15.4 Å². The van der Waals surface area contributed by atoms with Gasteiger partial charge in [-0.2, -0.15) is 4.98 Å². The van der Waals surface area contributed by atoms with Gasteiger partial charge in [0.05, 0.1) is 25.0 Å². The lowest BCUT2D eigenvalue weighted by molar-refractivity contribution is 0.414. The Hall–Kier alpha value is -3.93. The summed E-state index contributed by atoms with van der Waals surface area (Å²) in [5, 5.41) is 6.68. The monoisotopic (exact) mass is 397 g/mol. The van der Waals surface area contributed by atoms with Crippen LogP contribution in [0.3, 0.4) is 0 Å². The molecule has 0 unspecified atom stereocenters. The van der Waals surface area contributed by atoms with Crippen molar-refractivity contribution in [1.82, 2.24) is 15.0 Å². The van der Waals surface area contributed by atoms with E-state index < -0.39 is 0 Å². The Morgan fingerprint density at radius 3 is 2.33 bits per heavy atom. The van der Waals surface area contributed by atoms with Gasteiger partial charge in [0, 0.05) is 24.4 Å². The number of hydrogen-bond donors (Lipinski definition) is 2. The zero-order chi connectivity index (χ0) is 20.6. The smallest absolute Gasteiger partial charge is 0.225 e. The summed E-state index contributed by atoms with van der Waals surface area (Å²) in [4.78, 5) is 13.7. The van der Waals surface area contributed by atoms with Crippen LogP contribution in [0, 0.1) is 0 Å². The van der Waals surface area contributed by atoms with Gasteiger partial charge in [0.1, 0.15) is 11.6 Å². The fourth-order valence-corrected chi connectivity index (χ4v) is 2.98. The third kappa shape index (κ3) is 5.11. The van der Waals surface area contributed by atoms with E-state index in [1.165, 1.54) is 0 Å². The largest absolute Gasteiger partial charge is 0.497 e. The lowest BCUT2D eigenvalue weighted by atomic mass is 10.1. The van der Waals surface area contributed by atoms with Gasteiger partial charge in [-0.1, -0.05) is 48.5 Å². The summed E-state index contributed by atoms with van der Waals surface area (Å²) >= 11 is 0. The van der Waals surface area contributed by atoms with Gasteiger partial charge in [-0.05, 0) is 29.8 Å². The van der Waals surface area contributed by atoms with E-state index in [4.69, 9.17) is 9.72 Å². The zero-order valence-electron chi connectivity index (χ0n) is 16.7. The SMILES string of the molecule is COc1ccc(CNc2nc(NCc3ccccn3)cc(-c3ccccc3)n2)cc1. The molecule has 0 amide bonds. The summed E-state index contributed by atoms with van der Waals surface area (Å²) < 4.78 is 5.22. The van der Waals surface area contributed by atoms with Crippen molar-refractivity contribution in [2.45, 2.75) is 13.1 Å². The Balaban J connectivity index is 1.54. The number of hydrogen-bond acceptors (Lipinski definition) is 6. The number of nitrogens with one attached hydrogen (secondary N) is 2. The van der Waals surface area contributed by atoms with E-state index in [0.717, 1.165) is 34.1 Å². The highest BCUT2D eigenvalue weighted by Crippen LogP contribution is 2.22. The van der Waals surface area contributed by atoms with Crippen molar-refractivity contribution in [3.8, 4) is 17.0 Å². The van der Waals surface area contributed by atoms with Gasteiger partial charge in [0.25, 0.3) is 0 Å². The van der Waals surface area contributed by atoms with Gasteiger partial charge in [-0.25, -0.2) is 4.98 Å². The number of pyridine rings is 1. The third-order valence-corrected chi connectivity index (χ3v) is 4.58. The van der Waals surface area contributed by atoms with Crippen LogP contribution in [0.25, 0.3) is 11.3 Å². The Kier molecular flexibility index (Phi) is 6.15. The average molecular weight is 397 g/mol. The minimum atomic E-state index is 0.565. The number of nitrogens with zero attached hydrogens (tertiary/aromatic N) is 3. The van der Waals surface area contributed by atoms with Crippen molar-refractivity contribution in [2.24, 2.45) is 0 Å². The quantitative estimate of drug-likeness (QED) is 0.446. The van der Waals surface area contributed by atoms with Crippen molar-refractivity contribution in [2.75, 3.05) is 17.7 Å². The highest BCUT2D eigenvalue weighted by atomic mass is 16.5. The number of methoxy groups -OCH3 is 1. The molecule has 2 aromatic heterocycles. The molecule has 30 heavy (non-hydrogen) atoms. The Morgan fingerprint density at radius 1 is 0.800 bits per heavy atom. The second-order valence-corrected chi connectivity index (χ2v) is 6.70. The fourth-order valence-electron chi connectivity index (χ4n) is 2.98. The topological polar surface area (TPSA) is 72.0 Å². The first kappa shape index (κ1) is 19.4. The Bertz CT molecular complexity index is 1070. The molecule has 0 saturated heterocycles. The standard InChI is InChI=1S/C24H23N5O/c1-30-21-12-10-18(11-13-21)16-27-24-28-22(19-7-3-2-4-8-19)15-23(29-24)26-17-20-9-5-6-14-25-20/h2-15H,16-17H2,1H3,(H2,26,27,28,29). The van der Waals surface area contributed by atoms with E-state index in [2.05, 4.69) is 20.6 Å². The lowest BCUT2D eigenvalue weighted by Gasteiger charge is -2.12. The molecule has 4 aromatic rings. The molecule has 6 nitrogen and oxygen atoms in total. The molecule has 2 aromatic carbocycles. The first-order chi connectivity index (χ1) is 14.8. The molecule has 4 rings (SSSR count). The first-order valence-electron chi connectivity index (χ1n) is 9.75. The van der Waals surface area contributed by atoms with E-state index in [9.17, 15) is 0 Å². The average Bonchev–Trinajstić information content (AvgIpc) is 2.83. The van der Waals surface area contributed by atoms with E-state index in [1.54, 1.807) is 13.3 Å². The minimum absolute atomic E-state index is 0.565. The van der Waals surface area contributed by atoms with Crippen molar-refractivity contribution < 1.29 is 4.74 Å². The summed E-state index contributed by atoms with van der Waals surface area (Å²) in [5.74, 6) is 2.14. The molecule has 6 heteroatoms. The second kappa shape index (κ2) is 9.52. The number of aromatic nitrogens is 3. The van der Waals surface area contributed by atoms with Crippen LogP contribution in [0.2, 0.25) is 0 Å². The summed E-state index contributed by atoms with van der Waals surface area (Å²) in [7, 11) is 1.66. The lowest BCUT2D eigenvalue weighted by Crippen LogP contribution is -2.08. The maximum absolute atomic E-state index is 5.22.